The molecule has 0 unspecified atom stereocenters. The average molecular weight is 542 g/mol. The monoisotopic (exact) mass is 541 g/mol. The molecule has 0 radical (unpaired) electrons. The van der Waals surface area contributed by atoms with Crippen molar-refractivity contribution < 1.29 is 27.2 Å². The molecule has 13 heteroatoms. The van der Waals surface area contributed by atoms with Crippen molar-refractivity contribution in [1.29, 1.82) is 0 Å². The predicted molar refractivity (Wildman–Crippen MR) is 132 cm³/mol. The van der Waals surface area contributed by atoms with Crippen molar-refractivity contribution in [3.63, 3.8) is 0 Å². The van der Waals surface area contributed by atoms with Crippen LogP contribution in [-0.4, -0.2) is 43.0 Å². The Morgan fingerprint density at radius 3 is 2.41 bits per heavy atom. The van der Waals surface area contributed by atoms with Gasteiger partial charge in [0.15, 0.2) is 0 Å². The first-order valence-electron chi connectivity index (χ1n) is 11.8. The van der Waals surface area contributed by atoms with Crippen LogP contribution in [0.1, 0.15) is 31.0 Å². The normalized spacial score (nSPS) is 12.3. The maximum Gasteiger partial charge on any atom is 0.416 e. The van der Waals surface area contributed by atoms with Crippen LogP contribution in [0.2, 0.25) is 0 Å². The van der Waals surface area contributed by atoms with Gasteiger partial charge < -0.3 is 5.32 Å². The number of benzene rings is 2. The molecule has 0 aliphatic carbocycles. The first-order chi connectivity index (χ1) is 18.5. The molecule has 4 rings (SSSR count). The summed E-state index contributed by atoms with van der Waals surface area (Å²) in [5, 5.41) is 14.4. The number of amides is 2. The van der Waals surface area contributed by atoms with E-state index in [0.717, 1.165) is 27.9 Å². The van der Waals surface area contributed by atoms with Crippen LogP contribution in [0.3, 0.4) is 0 Å². The van der Waals surface area contributed by atoms with Gasteiger partial charge in [-0.3, -0.25) is 19.5 Å². The van der Waals surface area contributed by atoms with Gasteiger partial charge in [0.1, 0.15) is 18.4 Å². The average Bonchev–Trinajstić information content (AvgIpc) is 3.35. The van der Waals surface area contributed by atoms with Crippen LogP contribution in [0.15, 0.2) is 73.1 Å². The number of nitrogens with one attached hydrogen (secondary N) is 1. The zero-order chi connectivity index (χ0) is 28.2. The number of anilines is 1. The summed E-state index contributed by atoms with van der Waals surface area (Å²) in [4.78, 5) is 32.9. The Morgan fingerprint density at radius 2 is 1.74 bits per heavy atom. The second-order valence-corrected chi connectivity index (χ2v) is 8.78. The SMILES string of the molecule is CC(C)NC(=O)[C@H](c1ccncc1)N(C(=O)Cn1nnc(-c2ccccc2F)n1)c1cccc(C(F)(F)F)c1. The van der Waals surface area contributed by atoms with E-state index >= 15 is 0 Å². The Morgan fingerprint density at radius 1 is 1.03 bits per heavy atom. The van der Waals surface area contributed by atoms with Gasteiger partial charge in [-0.25, -0.2) is 4.39 Å². The fourth-order valence-electron chi connectivity index (χ4n) is 3.85. The molecule has 2 amide bonds. The summed E-state index contributed by atoms with van der Waals surface area (Å²) < 4.78 is 54.9. The van der Waals surface area contributed by atoms with Gasteiger partial charge in [0, 0.05) is 24.1 Å². The van der Waals surface area contributed by atoms with Crippen molar-refractivity contribution in [2.24, 2.45) is 0 Å². The Kier molecular flexibility index (Phi) is 7.98. The third kappa shape index (κ3) is 6.43. The standard InChI is InChI=1S/C26H23F4N7O2/c1-16(2)32-25(39)23(17-10-12-31-13-11-17)37(19-7-5-6-18(14-19)26(28,29)30)22(38)15-36-34-24(33-35-36)20-8-3-4-9-21(20)27/h3-14,16,23H,15H2,1-2H3,(H,32,39)/t23-/m0/s1. The summed E-state index contributed by atoms with van der Waals surface area (Å²) in [6.45, 7) is 2.82. The van der Waals surface area contributed by atoms with E-state index in [1.54, 1.807) is 19.9 Å². The number of tetrazole rings is 1. The molecule has 0 saturated heterocycles. The number of alkyl halides is 3. The summed E-state index contributed by atoms with van der Waals surface area (Å²) in [6.07, 6.45) is -1.89. The lowest BCUT2D eigenvalue weighted by Crippen LogP contribution is -2.47. The molecule has 4 aromatic rings. The molecule has 0 aliphatic rings. The molecule has 0 fully saturated rings. The van der Waals surface area contributed by atoms with E-state index in [2.05, 4.69) is 25.7 Å². The van der Waals surface area contributed by atoms with E-state index in [4.69, 9.17) is 0 Å². The Labute approximate surface area is 220 Å². The van der Waals surface area contributed by atoms with Crippen LogP contribution < -0.4 is 10.2 Å². The number of carbonyl (C=O) groups excluding carboxylic acids is 2. The number of hydrogen-bond donors (Lipinski definition) is 1. The van der Waals surface area contributed by atoms with Crippen molar-refractivity contribution in [3.8, 4) is 11.4 Å². The summed E-state index contributed by atoms with van der Waals surface area (Å²) in [5.74, 6) is -2.13. The second-order valence-electron chi connectivity index (χ2n) is 8.78. The van der Waals surface area contributed by atoms with Crippen LogP contribution in [0.4, 0.5) is 23.2 Å². The van der Waals surface area contributed by atoms with Crippen molar-refractivity contribution in [2.75, 3.05) is 4.90 Å². The first kappa shape index (κ1) is 27.4. The Bertz CT molecular complexity index is 1460. The Hall–Kier alpha value is -4.68. The smallest absolute Gasteiger partial charge is 0.352 e. The molecule has 2 aromatic heterocycles. The van der Waals surface area contributed by atoms with E-state index in [0.29, 0.717) is 5.56 Å². The van der Waals surface area contributed by atoms with E-state index < -0.39 is 42.0 Å². The van der Waals surface area contributed by atoms with Crippen molar-refractivity contribution in [1.82, 2.24) is 30.5 Å². The number of pyridine rings is 1. The molecule has 202 valence electrons. The van der Waals surface area contributed by atoms with Gasteiger partial charge in [-0.2, -0.15) is 18.0 Å². The number of nitrogens with zero attached hydrogens (tertiary/aromatic N) is 6. The highest BCUT2D eigenvalue weighted by Gasteiger charge is 2.36. The third-order valence-corrected chi connectivity index (χ3v) is 5.52. The lowest BCUT2D eigenvalue weighted by molar-refractivity contribution is -0.137. The first-order valence-corrected chi connectivity index (χ1v) is 11.8. The van der Waals surface area contributed by atoms with Gasteiger partial charge in [-0.05, 0) is 67.1 Å². The summed E-state index contributed by atoms with van der Waals surface area (Å²) in [5.41, 5.74) is -0.814. The van der Waals surface area contributed by atoms with Crippen LogP contribution in [0, 0.1) is 5.82 Å². The van der Waals surface area contributed by atoms with Gasteiger partial charge >= 0.3 is 6.18 Å². The lowest BCUT2D eigenvalue weighted by Gasteiger charge is -2.32. The summed E-state index contributed by atoms with van der Waals surface area (Å²) >= 11 is 0. The highest BCUT2D eigenvalue weighted by Crippen LogP contribution is 2.34. The van der Waals surface area contributed by atoms with Crippen molar-refractivity contribution in [3.05, 3.63) is 90.0 Å². The van der Waals surface area contributed by atoms with Gasteiger partial charge in [0.25, 0.3) is 5.91 Å². The molecule has 0 saturated carbocycles. The van der Waals surface area contributed by atoms with E-state index in [9.17, 15) is 27.2 Å². The molecule has 2 heterocycles. The largest absolute Gasteiger partial charge is 0.416 e. The van der Waals surface area contributed by atoms with Crippen molar-refractivity contribution in [2.45, 2.75) is 38.7 Å². The fraction of sp³-hybridized carbons (Fsp3) is 0.231. The van der Waals surface area contributed by atoms with Gasteiger partial charge in [0.05, 0.1) is 11.1 Å². The zero-order valence-electron chi connectivity index (χ0n) is 20.8. The highest BCUT2D eigenvalue weighted by molar-refractivity contribution is 6.01. The molecule has 9 nitrogen and oxygen atoms in total. The molecule has 39 heavy (non-hydrogen) atoms. The molecular formula is C26H23F4N7O2. The highest BCUT2D eigenvalue weighted by atomic mass is 19.4. The van der Waals surface area contributed by atoms with Crippen LogP contribution >= 0.6 is 0 Å². The zero-order valence-corrected chi connectivity index (χ0v) is 20.8. The van der Waals surface area contributed by atoms with E-state index in [-0.39, 0.29) is 23.1 Å². The van der Waals surface area contributed by atoms with Gasteiger partial charge in [-0.15, -0.1) is 10.2 Å². The topological polar surface area (TPSA) is 106 Å². The molecule has 2 aromatic carbocycles. The molecule has 0 spiro atoms. The molecule has 0 bridgehead atoms. The number of hydrogen-bond acceptors (Lipinski definition) is 6. The number of aromatic nitrogens is 5. The second kappa shape index (κ2) is 11.4. The predicted octanol–water partition coefficient (Wildman–Crippen LogP) is 4.19. The summed E-state index contributed by atoms with van der Waals surface area (Å²) in [7, 11) is 0. The molecule has 0 aliphatic heterocycles. The Balaban J connectivity index is 1.78. The van der Waals surface area contributed by atoms with Gasteiger partial charge in [0.2, 0.25) is 11.7 Å². The minimum Gasteiger partial charge on any atom is -0.352 e. The molecular weight excluding hydrogens is 518 g/mol. The minimum absolute atomic E-state index is 0.0527. The molecule has 1 atom stereocenters. The van der Waals surface area contributed by atoms with E-state index in [1.165, 1.54) is 48.8 Å². The van der Waals surface area contributed by atoms with E-state index in [1.807, 2.05) is 0 Å². The quantitative estimate of drug-likeness (QED) is 0.336. The fourth-order valence-corrected chi connectivity index (χ4v) is 3.85. The number of carbonyl (C=O) groups is 2. The summed E-state index contributed by atoms with van der Waals surface area (Å²) in [6, 6.07) is 11.1. The third-order valence-electron chi connectivity index (χ3n) is 5.52. The van der Waals surface area contributed by atoms with Crippen LogP contribution in [-0.2, 0) is 22.3 Å². The number of rotatable bonds is 8. The maximum absolute atomic E-state index is 14.2. The molecule has 1 N–H and O–H groups in total. The van der Waals surface area contributed by atoms with Crippen LogP contribution in [0.25, 0.3) is 11.4 Å². The lowest BCUT2D eigenvalue weighted by atomic mass is 10.0. The van der Waals surface area contributed by atoms with Crippen molar-refractivity contribution >= 4 is 17.5 Å². The van der Waals surface area contributed by atoms with Gasteiger partial charge in [-0.1, -0.05) is 18.2 Å². The minimum atomic E-state index is -4.70. The number of halogens is 4. The maximum atomic E-state index is 14.2. The van der Waals surface area contributed by atoms with Crippen LogP contribution in [0.5, 0.6) is 0 Å².